The summed E-state index contributed by atoms with van der Waals surface area (Å²) in [6, 6.07) is 25.8. The van der Waals surface area contributed by atoms with Crippen LogP contribution < -0.4 is 19.7 Å². The zero-order valence-corrected chi connectivity index (χ0v) is 22.2. The molecule has 2 fully saturated rings. The molecule has 38 heavy (non-hydrogen) atoms. The minimum Gasteiger partial charge on any atom is -0.494 e. The van der Waals surface area contributed by atoms with Gasteiger partial charge in [0.1, 0.15) is 29.1 Å². The quantitative estimate of drug-likeness (QED) is 0.243. The van der Waals surface area contributed by atoms with E-state index in [4.69, 9.17) is 26.1 Å². The fourth-order valence-electron chi connectivity index (χ4n) is 5.35. The van der Waals surface area contributed by atoms with Crippen molar-refractivity contribution in [3.05, 3.63) is 96.5 Å². The molecule has 2 aliphatic rings. The van der Waals surface area contributed by atoms with E-state index in [1.807, 2.05) is 79.9 Å². The lowest BCUT2D eigenvalue weighted by Crippen LogP contribution is -2.29. The van der Waals surface area contributed by atoms with Crippen molar-refractivity contribution in [1.82, 2.24) is 10.3 Å². The number of thiocarbonyl (C=S) groups is 1. The van der Waals surface area contributed by atoms with Crippen molar-refractivity contribution >= 4 is 23.0 Å². The molecule has 0 spiro atoms. The summed E-state index contributed by atoms with van der Waals surface area (Å²) in [5.41, 5.74) is 2.87. The van der Waals surface area contributed by atoms with Crippen LogP contribution in [0.2, 0.25) is 0 Å². The lowest BCUT2D eigenvalue weighted by molar-refractivity contribution is 0.210. The smallest absolute Gasteiger partial charge is 0.174 e. The van der Waals surface area contributed by atoms with Crippen molar-refractivity contribution in [3.63, 3.8) is 0 Å². The van der Waals surface area contributed by atoms with E-state index >= 15 is 0 Å². The Kier molecular flexibility index (Phi) is 7.01. The molecule has 2 aromatic heterocycles. The third kappa shape index (κ3) is 4.98. The van der Waals surface area contributed by atoms with Gasteiger partial charge >= 0.3 is 0 Å². The Morgan fingerprint density at radius 2 is 1.71 bits per heavy atom. The van der Waals surface area contributed by atoms with E-state index in [2.05, 4.69) is 27.3 Å². The summed E-state index contributed by atoms with van der Waals surface area (Å²) >= 11 is 5.86. The maximum atomic E-state index is 6.48. The molecule has 194 valence electrons. The normalized spacial score (nSPS) is 19.5. The first-order valence-electron chi connectivity index (χ1n) is 13.3. The molecule has 3 heterocycles. The Bertz CT molecular complexity index is 1370. The van der Waals surface area contributed by atoms with Crippen molar-refractivity contribution in [2.45, 2.75) is 50.8 Å². The molecule has 1 aliphatic heterocycles. The van der Waals surface area contributed by atoms with Gasteiger partial charge in [0.25, 0.3) is 0 Å². The van der Waals surface area contributed by atoms with E-state index in [1.54, 1.807) is 0 Å². The molecule has 6 nitrogen and oxygen atoms in total. The van der Waals surface area contributed by atoms with Gasteiger partial charge in [-0.3, -0.25) is 4.98 Å². The van der Waals surface area contributed by atoms with Gasteiger partial charge in [0.15, 0.2) is 5.11 Å². The average Bonchev–Trinajstić information content (AvgIpc) is 3.71. The lowest BCUT2D eigenvalue weighted by Gasteiger charge is -2.26. The number of pyridine rings is 1. The van der Waals surface area contributed by atoms with Gasteiger partial charge in [0, 0.05) is 17.4 Å². The Morgan fingerprint density at radius 1 is 0.947 bits per heavy atom. The van der Waals surface area contributed by atoms with E-state index in [1.165, 1.54) is 12.8 Å². The second-order valence-corrected chi connectivity index (χ2v) is 10.1. The summed E-state index contributed by atoms with van der Waals surface area (Å²) < 4.78 is 18.3. The summed E-state index contributed by atoms with van der Waals surface area (Å²) in [5.74, 6) is 3.34. The highest BCUT2D eigenvalue weighted by molar-refractivity contribution is 7.80. The predicted molar refractivity (Wildman–Crippen MR) is 153 cm³/mol. The molecule has 6 rings (SSSR count). The van der Waals surface area contributed by atoms with Crippen LogP contribution in [0, 0.1) is 0 Å². The number of benzene rings is 2. The van der Waals surface area contributed by atoms with E-state index in [0.717, 1.165) is 52.8 Å². The zero-order chi connectivity index (χ0) is 25.9. The topological polar surface area (TPSA) is 59.8 Å². The number of hydrogen-bond acceptors (Lipinski definition) is 5. The molecule has 1 saturated heterocycles. The largest absolute Gasteiger partial charge is 0.494 e. The summed E-state index contributed by atoms with van der Waals surface area (Å²) in [6.45, 7) is 2.62. The van der Waals surface area contributed by atoms with E-state index in [-0.39, 0.29) is 12.1 Å². The second-order valence-electron chi connectivity index (χ2n) is 9.67. The van der Waals surface area contributed by atoms with Crippen LogP contribution in [0.4, 0.5) is 5.69 Å². The molecule has 7 heteroatoms. The summed E-state index contributed by atoms with van der Waals surface area (Å²) in [7, 11) is 0. The average molecular weight is 526 g/mol. The Balaban J connectivity index is 1.32. The van der Waals surface area contributed by atoms with Crippen LogP contribution in [-0.2, 0) is 0 Å². The minimum atomic E-state index is -0.213. The third-order valence-electron chi connectivity index (χ3n) is 7.19. The van der Waals surface area contributed by atoms with E-state index < -0.39 is 0 Å². The predicted octanol–water partition coefficient (Wildman–Crippen LogP) is 7.24. The molecular weight excluding hydrogens is 494 g/mol. The molecule has 2 aromatic carbocycles. The van der Waals surface area contributed by atoms with Gasteiger partial charge in [-0.2, -0.15) is 0 Å². The molecule has 0 amide bonds. The highest BCUT2D eigenvalue weighted by atomic mass is 32.1. The first-order valence-corrected chi connectivity index (χ1v) is 13.7. The zero-order valence-electron chi connectivity index (χ0n) is 21.4. The van der Waals surface area contributed by atoms with Crippen LogP contribution in [0.1, 0.15) is 56.1 Å². The Hall–Kier alpha value is -3.84. The number of furan rings is 1. The number of anilines is 1. The molecule has 4 aromatic rings. The third-order valence-corrected chi connectivity index (χ3v) is 7.50. The molecule has 0 unspecified atom stereocenters. The first-order chi connectivity index (χ1) is 18.7. The van der Waals surface area contributed by atoms with Crippen molar-refractivity contribution in [2.75, 3.05) is 11.5 Å². The number of nitrogens with one attached hydrogen (secondary N) is 1. The maximum absolute atomic E-state index is 6.48. The summed E-state index contributed by atoms with van der Waals surface area (Å²) in [4.78, 5) is 6.76. The van der Waals surface area contributed by atoms with Crippen molar-refractivity contribution in [3.8, 4) is 22.8 Å². The number of aromatic nitrogens is 1. The highest BCUT2D eigenvalue weighted by Crippen LogP contribution is 2.43. The fraction of sp³-hybridized carbons (Fsp3) is 0.290. The van der Waals surface area contributed by atoms with Gasteiger partial charge in [-0.1, -0.05) is 6.07 Å². The van der Waals surface area contributed by atoms with Crippen molar-refractivity contribution in [1.29, 1.82) is 0 Å². The van der Waals surface area contributed by atoms with Crippen LogP contribution >= 0.6 is 12.2 Å². The van der Waals surface area contributed by atoms with Gasteiger partial charge in [-0.05, 0) is 118 Å². The van der Waals surface area contributed by atoms with Crippen molar-refractivity contribution < 1.29 is 13.9 Å². The van der Waals surface area contributed by atoms with Gasteiger partial charge in [0.05, 0.1) is 24.4 Å². The number of nitrogens with zero attached hydrogens (tertiary/aromatic N) is 2. The molecule has 1 saturated carbocycles. The molecule has 2 atom stereocenters. The molecule has 0 bridgehead atoms. The molecule has 0 radical (unpaired) electrons. The summed E-state index contributed by atoms with van der Waals surface area (Å²) in [6.07, 6.45) is 6.88. The van der Waals surface area contributed by atoms with Gasteiger partial charge in [-0.25, -0.2) is 0 Å². The van der Waals surface area contributed by atoms with Gasteiger partial charge in [-0.15, -0.1) is 0 Å². The standard InChI is InChI=1S/C31H31N3O3S/c1-2-35-23-14-10-21(11-15-23)27-18-19-28(37-27)30-29(26-9-5-6-20-32-26)33-31(38)34(30)22-12-16-25(17-13-22)36-24-7-3-4-8-24/h5-6,9-20,24,29-30H,2-4,7-8H2,1H3,(H,33,38)/t29-,30-/m0/s1. The van der Waals surface area contributed by atoms with Crippen molar-refractivity contribution in [2.24, 2.45) is 0 Å². The minimum absolute atomic E-state index is 0.169. The van der Waals surface area contributed by atoms with Crippen LogP contribution in [0.3, 0.4) is 0 Å². The van der Waals surface area contributed by atoms with Crippen LogP contribution in [0.5, 0.6) is 11.5 Å². The van der Waals surface area contributed by atoms with E-state index in [0.29, 0.717) is 17.8 Å². The SMILES string of the molecule is CCOc1ccc(-c2ccc([C@H]3[C@H](c4ccccn4)NC(=S)N3c3ccc(OC4CCCC4)cc3)o2)cc1. The number of ether oxygens (including phenoxy) is 2. The monoisotopic (exact) mass is 525 g/mol. The Morgan fingerprint density at radius 3 is 2.42 bits per heavy atom. The summed E-state index contributed by atoms with van der Waals surface area (Å²) in [5, 5.41) is 4.13. The fourth-order valence-corrected chi connectivity index (χ4v) is 5.70. The molecule has 1 N–H and O–H groups in total. The molecular formula is C31H31N3O3S. The number of hydrogen-bond donors (Lipinski definition) is 1. The van der Waals surface area contributed by atoms with Crippen LogP contribution in [0.15, 0.2) is 89.5 Å². The maximum Gasteiger partial charge on any atom is 0.174 e. The highest BCUT2D eigenvalue weighted by Gasteiger charge is 2.42. The van der Waals surface area contributed by atoms with Gasteiger partial charge in [0.2, 0.25) is 0 Å². The van der Waals surface area contributed by atoms with E-state index in [9.17, 15) is 0 Å². The Labute approximate surface area is 228 Å². The second kappa shape index (κ2) is 10.9. The lowest BCUT2D eigenvalue weighted by atomic mass is 10.0. The molecule has 1 aliphatic carbocycles. The van der Waals surface area contributed by atoms with Gasteiger partial charge < -0.3 is 24.1 Å². The first kappa shape index (κ1) is 24.5. The van der Waals surface area contributed by atoms with Crippen LogP contribution in [-0.4, -0.2) is 22.8 Å². The number of rotatable bonds is 8. The van der Waals surface area contributed by atoms with Crippen LogP contribution in [0.25, 0.3) is 11.3 Å².